The quantitative estimate of drug-likeness (QED) is 0.701. The molecule has 3 aromatic carbocycles. The smallest absolute Gasteiger partial charge is 0.258 e. The van der Waals surface area contributed by atoms with Crippen LogP contribution in [0.4, 0.5) is 0 Å². The summed E-state index contributed by atoms with van der Waals surface area (Å²) in [7, 11) is 0. The van der Waals surface area contributed by atoms with Crippen LogP contribution in [0.15, 0.2) is 60.7 Å². The van der Waals surface area contributed by atoms with Gasteiger partial charge in [-0.25, -0.2) is 0 Å². The average Bonchev–Trinajstić information content (AvgIpc) is 2.65. The molecular formula is C21H19NO3. The lowest BCUT2D eigenvalue weighted by molar-refractivity contribution is -0.123. The second kappa shape index (κ2) is 7.62. The Hall–Kier alpha value is -3.14. The second-order valence-corrected chi connectivity index (χ2v) is 5.81. The van der Waals surface area contributed by atoms with E-state index in [1.54, 1.807) is 6.07 Å². The summed E-state index contributed by atoms with van der Waals surface area (Å²) in [5, 5.41) is 4.61. The minimum absolute atomic E-state index is 0.134. The summed E-state index contributed by atoms with van der Waals surface area (Å²) in [5.74, 6) is 0.188. The first-order valence-corrected chi connectivity index (χ1v) is 8.10. The molecule has 126 valence electrons. The summed E-state index contributed by atoms with van der Waals surface area (Å²) in [6, 6.07) is 19.1. The molecule has 3 aromatic rings. The minimum Gasteiger partial charge on any atom is -0.483 e. The zero-order chi connectivity index (χ0) is 17.6. The molecule has 0 saturated carbocycles. The third-order valence-electron chi connectivity index (χ3n) is 4.14. The number of hydrogen-bond acceptors (Lipinski definition) is 3. The fourth-order valence-corrected chi connectivity index (χ4v) is 2.72. The van der Waals surface area contributed by atoms with Crippen molar-refractivity contribution < 1.29 is 14.3 Å². The van der Waals surface area contributed by atoms with E-state index in [1.807, 2.05) is 61.5 Å². The van der Waals surface area contributed by atoms with Gasteiger partial charge in [-0.3, -0.25) is 9.59 Å². The Bertz CT molecular complexity index is 918. The van der Waals surface area contributed by atoms with E-state index in [0.717, 1.165) is 28.2 Å². The lowest BCUT2D eigenvalue weighted by Crippen LogP contribution is -2.28. The largest absolute Gasteiger partial charge is 0.483 e. The van der Waals surface area contributed by atoms with Crippen LogP contribution < -0.4 is 10.1 Å². The van der Waals surface area contributed by atoms with Crippen molar-refractivity contribution in [2.24, 2.45) is 0 Å². The number of ether oxygens (including phenoxy) is 1. The van der Waals surface area contributed by atoms with Crippen molar-refractivity contribution in [3.63, 3.8) is 0 Å². The molecule has 4 nitrogen and oxygen atoms in total. The molecule has 0 heterocycles. The highest BCUT2D eigenvalue weighted by Gasteiger charge is 2.10. The summed E-state index contributed by atoms with van der Waals surface area (Å²) >= 11 is 0. The van der Waals surface area contributed by atoms with Crippen molar-refractivity contribution in [2.45, 2.75) is 13.5 Å². The van der Waals surface area contributed by atoms with Crippen LogP contribution in [0.25, 0.3) is 10.8 Å². The molecule has 1 N–H and O–H groups in total. The average molecular weight is 333 g/mol. The van der Waals surface area contributed by atoms with Gasteiger partial charge in [0.2, 0.25) is 0 Å². The maximum Gasteiger partial charge on any atom is 0.258 e. The Balaban J connectivity index is 1.65. The molecule has 1 amide bonds. The number of fused-ring (bicyclic) bond motifs is 1. The van der Waals surface area contributed by atoms with Gasteiger partial charge in [0.1, 0.15) is 5.75 Å². The number of hydrogen-bond donors (Lipinski definition) is 1. The zero-order valence-electron chi connectivity index (χ0n) is 14.0. The van der Waals surface area contributed by atoms with Gasteiger partial charge >= 0.3 is 0 Å². The third kappa shape index (κ3) is 3.86. The van der Waals surface area contributed by atoms with E-state index in [1.165, 1.54) is 0 Å². The van der Waals surface area contributed by atoms with Crippen molar-refractivity contribution in [1.82, 2.24) is 5.32 Å². The highest BCUT2D eigenvalue weighted by atomic mass is 16.5. The number of rotatable bonds is 6. The van der Waals surface area contributed by atoms with Gasteiger partial charge in [-0.05, 0) is 34.9 Å². The van der Waals surface area contributed by atoms with Gasteiger partial charge in [-0.2, -0.15) is 0 Å². The maximum absolute atomic E-state index is 12.0. The summed E-state index contributed by atoms with van der Waals surface area (Å²) in [5.41, 5.74) is 2.65. The van der Waals surface area contributed by atoms with Gasteiger partial charge in [0.15, 0.2) is 12.9 Å². The van der Waals surface area contributed by atoms with Crippen LogP contribution in [-0.4, -0.2) is 18.8 Å². The molecular weight excluding hydrogens is 314 g/mol. The van der Waals surface area contributed by atoms with Crippen LogP contribution in [0, 0.1) is 6.92 Å². The predicted octanol–water partition coefficient (Wildman–Crippen LogP) is 3.66. The molecule has 25 heavy (non-hydrogen) atoms. The van der Waals surface area contributed by atoms with E-state index in [0.29, 0.717) is 17.9 Å². The number of carbonyl (C=O) groups is 2. The Morgan fingerprint density at radius 1 is 1.04 bits per heavy atom. The Morgan fingerprint density at radius 2 is 1.80 bits per heavy atom. The van der Waals surface area contributed by atoms with Crippen LogP contribution >= 0.6 is 0 Å². The van der Waals surface area contributed by atoms with Gasteiger partial charge in [0.25, 0.3) is 5.91 Å². The number of aryl methyl sites for hydroxylation is 1. The minimum atomic E-state index is -0.228. The first-order chi connectivity index (χ1) is 12.2. The molecule has 0 fully saturated rings. The molecule has 0 aliphatic carbocycles. The Labute approximate surface area is 146 Å². The van der Waals surface area contributed by atoms with Crippen LogP contribution in [0.3, 0.4) is 0 Å². The standard InChI is InChI=1S/C21H19NO3/c1-15-6-2-3-8-17(15)12-22-21(24)14-25-20-11-10-16-7-4-5-9-18(16)19(20)13-23/h2-11,13H,12,14H2,1H3,(H,22,24). The molecule has 4 heteroatoms. The van der Waals surface area contributed by atoms with Crippen molar-refractivity contribution in [2.75, 3.05) is 6.61 Å². The maximum atomic E-state index is 12.0. The topological polar surface area (TPSA) is 55.4 Å². The number of benzene rings is 3. The molecule has 0 atom stereocenters. The van der Waals surface area contributed by atoms with E-state index in [9.17, 15) is 9.59 Å². The normalized spacial score (nSPS) is 10.4. The number of aldehydes is 1. The molecule has 0 unspecified atom stereocenters. The molecule has 0 bridgehead atoms. The Kier molecular flexibility index (Phi) is 5.09. The number of carbonyl (C=O) groups excluding carboxylic acids is 2. The van der Waals surface area contributed by atoms with E-state index >= 15 is 0 Å². The summed E-state index contributed by atoms with van der Waals surface area (Å²) < 4.78 is 5.57. The van der Waals surface area contributed by atoms with Crippen LogP contribution in [0.2, 0.25) is 0 Å². The van der Waals surface area contributed by atoms with Crippen molar-refractivity contribution in [1.29, 1.82) is 0 Å². The van der Waals surface area contributed by atoms with Gasteiger partial charge in [-0.15, -0.1) is 0 Å². The van der Waals surface area contributed by atoms with E-state index in [4.69, 9.17) is 4.74 Å². The zero-order valence-corrected chi connectivity index (χ0v) is 14.0. The van der Waals surface area contributed by atoms with Crippen molar-refractivity contribution >= 4 is 23.0 Å². The van der Waals surface area contributed by atoms with Gasteiger partial charge < -0.3 is 10.1 Å². The monoisotopic (exact) mass is 333 g/mol. The van der Waals surface area contributed by atoms with E-state index in [-0.39, 0.29) is 12.5 Å². The Morgan fingerprint density at radius 3 is 2.60 bits per heavy atom. The highest BCUT2D eigenvalue weighted by molar-refractivity contribution is 6.00. The van der Waals surface area contributed by atoms with E-state index in [2.05, 4.69) is 5.32 Å². The lowest BCUT2D eigenvalue weighted by atomic mass is 10.0. The van der Waals surface area contributed by atoms with Gasteiger partial charge in [-0.1, -0.05) is 54.6 Å². The number of amides is 1. The molecule has 0 aliphatic heterocycles. The van der Waals surface area contributed by atoms with Crippen LogP contribution in [0.5, 0.6) is 5.75 Å². The van der Waals surface area contributed by atoms with Gasteiger partial charge in [0.05, 0.1) is 5.56 Å². The fourth-order valence-electron chi connectivity index (χ4n) is 2.72. The van der Waals surface area contributed by atoms with Crippen molar-refractivity contribution in [3.05, 3.63) is 77.4 Å². The summed E-state index contributed by atoms with van der Waals surface area (Å²) in [6.45, 7) is 2.32. The highest BCUT2D eigenvalue weighted by Crippen LogP contribution is 2.26. The third-order valence-corrected chi connectivity index (χ3v) is 4.14. The summed E-state index contributed by atoms with van der Waals surface area (Å²) in [4.78, 5) is 23.5. The first-order valence-electron chi connectivity index (χ1n) is 8.10. The number of nitrogens with one attached hydrogen (secondary N) is 1. The molecule has 0 spiro atoms. The predicted molar refractivity (Wildman–Crippen MR) is 97.9 cm³/mol. The van der Waals surface area contributed by atoms with Crippen LogP contribution in [-0.2, 0) is 11.3 Å². The molecule has 0 radical (unpaired) electrons. The molecule has 0 saturated heterocycles. The van der Waals surface area contributed by atoms with Crippen molar-refractivity contribution in [3.8, 4) is 5.75 Å². The summed E-state index contributed by atoms with van der Waals surface area (Å²) in [6.07, 6.45) is 0.767. The molecule has 0 aromatic heterocycles. The fraction of sp³-hybridized carbons (Fsp3) is 0.143. The first kappa shape index (κ1) is 16.7. The van der Waals surface area contributed by atoms with E-state index < -0.39 is 0 Å². The molecule has 3 rings (SSSR count). The lowest BCUT2D eigenvalue weighted by Gasteiger charge is -2.11. The molecule has 0 aliphatic rings. The van der Waals surface area contributed by atoms with Gasteiger partial charge in [0, 0.05) is 6.54 Å². The van der Waals surface area contributed by atoms with Crippen LogP contribution in [0.1, 0.15) is 21.5 Å². The SMILES string of the molecule is Cc1ccccc1CNC(=O)COc1ccc2ccccc2c1C=O. The second-order valence-electron chi connectivity index (χ2n) is 5.81.